The third-order valence-electron chi connectivity index (χ3n) is 14.0. The van der Waals surface area contributed by atoms with Crippen molar-refractivity contribution in [3.05, 3.63) is 72.9 Å². The lowest BCUT2D eigenvalue weighted by atomic mass is 10.0. The molecule has 0 aliphatic carbocycles. The summed E-state index contributed by atoms with van der Waals surface area (Å²) in [7, 11) is 0. The Balaban J connectivity index is 4.38. The van der Waals surface area contributed by atoms with Crippen LogP contribution < -0.4 is 0 Å². The Labute approximate surface area is 459 Å². The van der Waals surface area contributed by atoms with Gasteiger partial charge in [0.1, 0.15) is 13.2 Å². The number of ether oxygens (including phenoxy) is 3. The van der Waals surface area contributed by atoms with E-state index in [9.17, 15) is 14.4 Å². The SMILES string of the molecule is CC/C=C\C/C=C\C/C=C\C/C=C\C/C=C\CC(=O)OCC(COC(=O)CCCCCCCCCCCCCCCCCCCCCCCCC)OC(=O)CCCCCCCCC/C=C\CCCCCCCCC. The van der Waals surface area contributed by atoms with Gasteiger partial charge in [-0.2, -0.15) is 0 Å². The number of carbonyl (C=O) groups is 3. The number of esters is 3. The molecule has 428 valence electrons. The van der Waals surface area contributed by atoms with Crippen LogP contribution in [0.5, 0.6) is 0 Å². The summed E-state index contributed by atoms with van der Waals surface area (Å²) >= 11 is 0. The van der Waals surface area contributed by atoms with Crippen LogP contribution in [-0.4, -0.2) is 37.2 Å². The Bertz CT molecular complexity index is 1370. The molecule has 0 heterocycles. The molecule has 0 rings (SSSR count). The highest BCUT2D eigenvalue weighted by Crippen LogP contribution is 2.17. The molecule has 0 aliphatic heterocycles. The third kappa shape index (κ3) is 59.7. The molecule has 0 aromatic carbocycles. The van der Waals surface area contributed by atoms with Crippen molar-refractivity contribution in [2.45, 2.75) is 329 Å². The largest absolute Gasteiger partial charge is 0.462 e. The zero-order valence-corrected chi connectivity index (χ0v) is 49.1. The van der Waals surface area contributed by atoms with Gasteiger partial charge in [-0.25, -0.2) is 0 Å². The summed E-state index contributed by atoms with van der Waals surface area (Å²) < 4.78 is 16.8. The van der Waals surface area contributed by atoms with Gasteiger partial charge >= 0.3 is 17.9 Å². The van der Waals surface area contributed by atoms with E-state index in [1.54, 1.807) is 6.08 Å². The summed E-state index contributed by atoms with van der Waals surface area (Å²) in [5.74, 6) is -1.03. The molecule has 1 atom stereocenters. The molecule has 0 aromatic rings. The number of hydrogen-bond donors (Lipinski definition) is 0. The second-order valence-electron chi connectivity index (χ2n) is 21.3. The minimum absolute atomic E-state index is 0.104. The summed E-state index contributed by atoms with van der Waals surface area (Å²) in [5, 5.41) is 0. The lowest BCUT2D eigenvalue weighted by molar-refractivity contribution is -0.166. The topological polar surface area (TPSA) is 78.9 Å². The van der Waals surface area contributed by atoms with E-state index in [-0.39, 0.29) is 31.6 Å². The summed E-state index contributed by atoms with van der Waals surface area (Å²) in [4.78, 5) is 38.2. The quantitative estimate of drug-likeness (QED) is 0.0261. The average molecular weight is 1030 g/mol. The molecule has 0 saturated heterocycles. The molecular weight excluding hydrogens is 913 g/mol. The lowest BCUT2D eigenvalue weighted by Crippen LogP contribution is -2.30. The van der Waals surface area contributed by atoms with Crippen molar-refractivity contribution in [2.75, 3.05) is 13.2 Å². The van der Waals surface area contributed by atoms with Crippen molar-refractivity contribution < 1.29 is 28.6 Å². The van der Waals surface area contributed by atoms with Gasteiger partial charge in [0.05, 0.1) is 6.42 Å². The predicted octanol–water partition coefficient (Wildman–Crippen LogP) is 21.7. The maximum atomic E-state index is 12.9. The van der Waals surface area contributed by atoms with Crippen molar-refractivity contribution in [2.24, 2.45) is 0 Å². The number of hydrogen-bond acceptors (Lipinski definition) is 6. The predicted molar refractivity (Wildman–Crippen MR) is 321 cm³/mol. The summed E-state index contributed by atoms with van der Waals surface area (Å²) in [6.07, 6.45) is 80.8. The highest BCUT2D eigenvalue weighted by molar-refractivity contribution is 5.72. The zero-order chi connectivity index (χ0) is 53.6. The molecule has 0 bridgehead atoms. The molecule has 0 aromatic heterocycles. The van der Waals surface area contributed by atoms with Gasteiger partial charge in [-0.3, -0.25) is 14.4 Å². The molecule has 74 heavy (non-hydrogen) atoms. The van der Waals surface area contributed by atoms with E-state index < -0.39 is 12.1 Å². The first-order chi connectivity index (χ1) is 36.5. The fourth-order valence-electron chi connectivity index (χ4n) is 9.22. The number of unbranched alkanes of at least 4 members (excludes halogenated alkanes) is 36. The summed E-state index contributed by atoms with van der Waals surface area (Å²) in [5.41, 5.74) is 0. The van der Waals surface area contributed by atoms with E-state index in [0.717, 1.165) is 70.6 Å². The maximum absolute atomic E-state index is 12.9. The third-order valence-corrected chi connectivity index (χ3v) is 14.0. The van der Waals surface area contributed by atoms with Gasteiger partial charge in [0, 0.05) is 12.8 Å². The van der Waals surface area contributed by atoms with E-state index >= 15 is 0 Å². The van der Waals surface area contributed by atoms with E-state index in [4.69, 9.17) is 14.2 Å². The molecule has 0 fully saturated rings. The van der Waals surface area contributed by atoms with Crippen molar-refractivity contribution in [1.82, 2.24) is 0 Å². The van der Waals surface area contributed by atoms with Crippen molar-refractivity contribution >= 4 is 17.9 Å². The van der Waals surface area contributed by atoms with Crippen LogP contribution in [0.25, 0.3) is 0 Å². The van der Waals surface area contributed by atoms with Crippen molar-refractivity contribution in [3.8, 4) is 0 Å². The minimum Gasteiger partial charge on any atom is -0.462 e. The second kappa shape index (κ2) is 62.4. The molecule has 0 amide bonds. The van der Waals surface area contributed by atoms with Crippen LogP contribution in [0.4, 0.5) is 0 Å². The molecule has 6 heteroatoms. The van der Waals surface area contributed by atoms with Gasteiger partial charge in [0.2, 0.25) is 0 Å². The Kier molecular flexibility index (Phi) is 59.7. The van der Waals surface area contributed by atoms with Gasteiger partial charge in [0.25, 0.3) is 0 Å². The molecule has 0 spiro atoms. The fourth-order valence-corrected chi connectivity index (χ4v) is 9.22. The highest BCUT2D eigenvalue weighted by Gasteiger charge is 2.19. The highest BCUT2D eigenvalue weighted by atomic mass is 16.6. The van der Waals surface area contributed by atoms with Crippen LogP contribution in [0.1, 0.15) is 323 Å². The Morgan fingerprint density at radius 1 is 0.297 bits per heavy atom. The second-order valence-corrected chi connectivity index (χ2v) is 21.3. The van der Waals surface area contributed by atoms with Crippen LogP contribution in [0.2, 0.25) is 0 Å². The fraction of sp³-hybridized carbons (Fsp3) is 0.779. The first kappa shape index (κ1) is 70.8. The van der Waals surface area contributed by atoms with E-state index in [0.29, 0.717) is 12.8 Å². The van der Waals surface area contributed by atoms with Gasteiger partial charge in [-0.05, 0) is 70.6 Å². The molecule has 0 aliphatic rings. The van der Waals surface area contributed by atoms with Gasteiger partial charge < -0.3 is 14.2 Å². The minimum atomic E-state index is -0.817. The molecule has 0 saturated carbocycles. The van der Waals surface area contributed by atoms with E-state index in [2.05, 4.69) is 81.5 Å². The molecule has 0 radical (unpaired) electrons. The monoisotopic (exact) mass is 1030 g/mol. The van der Waals surface area contributed by atoms with Crippen LogP contribution in [-0.2, 0) is 28.6 Å². The standard InChI is InChI=1S/C68H120O6/c1-4-7-10-13-16-19-22-25-28-30-32-33-34-35-36-38-40-43-46-49-52-55-58-61-67(70)73-64-65(63-72-66(69)60-57-54-51-48-45-42-39-27-24-21-18-15-12-9-6-3)74-68(71)62-59-56-53-50-47-44-41-37-31-29-26-23-20-17-14-11-8-5-2/h9,12,18,21,27,29,31,39,45,48,54,57,65H,4-8,10-11,13-17,19-20,22-26,28,30,32-38,40-44,46-47,49-53,55-56,58-64H2,1-3H3/b12-9-,21-18-,31-29-,39-27-,48-45-,57-54-. The number of carbonyl (C=O) groups excluding carboxylic acids is 3. The van der Waals surface area contributed by atoms with Crippen LogP contribution in [0, 0.1) is 0 Å². The van der Waals surface area contributed by atoms with Crippen molar-refractivity contribution in [1.29, 1.82) is 0 Å². The van der Waals surface area contributed by atoms with Gasteiger partial charge in [-0.1, -0.05) is 306 Å². The molecule has 1 unspecified atom stereocenters. The molecular formula is C68H120O6. The summed E-state index contributed by atoms with van der Waals surface area (Å²) in [6.45, 7) is 6.48. The molecule has 0 N–H and O–H groups in total. The Morgan fingerprint density at radius 2 is 0.581 bits per heavy atom. The zero-order valence-electron chi connectivity index (χ0n) is 49.1. The maximum Gasteiger partial charge on any atom is 0.309 e. The van der Waals surface area contributed by atoms with Gasteiger partial charge in [0.15, 0.2) is 6.10 Å². The lowest BCUT2D eigenvalue weighted by Gasteiger charge is -2.18. The molecule has 6 nitrogen and oxygen atoms in total. The average Bonchev–Trinajstić information content (AvgIpc) is 3.40. The van der Waals surface area contributed by atoms with E-state index in [1.165, 1.54) is 212 Å². The van der Waals surface area contributed by atoms with Crippen LogP contribution in [0.15, 0.2) is 72.9 Å². The number of allylic oxidation sites excluding steroid dienone is 11. The normalized spacial score (nSPS) is 12.5. The van der Waals surface area contributed by atoms with Crippen molar-refractivity contribution in [3.63, 3.8) is 0 Å². The first-order valence-electron chi connectivity index (χ1n) is 31.9. The first-order valence-corrected chi connectivity index (χ1v) is 31.9. The van der Waals surface area contributed by atoms with E-state index in [1.807, 2.05) is 6.08 Å². The number of rotatable bonds is 58. The Hall–Kier alpha value is -3.15. The smallest absolute Gasteiger partial charge is 0.309 e. The van der Waals surface area contributed by atoms with Crippen LogP contribution >= 0.6 is 0 Å². The van der Waals surface area contributed by atoms with Crippen LogP contribution in [0.3, 0.4) is 0 Å². The van der Waals surface area contributed by atoms with Gasteiger partial charge in [-0.15, -0.1) is 0 Å². The summed E-state index contributed by atoms with van der Waals surface area (Å²) in [6, 6.07) is 0. The Morgan fingerprint density at radius 3 is 0.932 bits per heavy atom.